The highest BCUT2D eigenvalue weighted by Crippen LogP contribution is 2.17. The van der Waals surface area contributed by atoms with Crippen LogP contribution >= 0.6 is 27.5 Å². The van der Waals surface area contributed by atoms with Crippen LogP contribution in [0.4, 0.5) is 10.6 Å². The lowest BCUT2D eigenvalue weighted by atomic mass is 10.2. The molecule has 0 unspecified atom stereocenters. The molecule has 0 aliphatic heterocycles. The summed E-state index contributed by atoms with van der Waals surface area (Å²) in [7, 11) is 0. The van der Waals surface area contributed by atoms with Crippen LogP contribution in [-0.2, 0) is 0 Å². The fraction of sp³-hybridized carbons (Fsp3) is 0.125. The number of halogens is 2. The summed E-state index contributed by atoms with van der Waals surface area (Å²) in [5.41, 5.74) is 0.254. The van der Waals surface area contributed by atoms with E-state index in [0.29, 0.717) is 0 Å². The van der Waals surface area contributed by atoms with Crippen molar-refractivity contribution in [3.8, 4) is 0 Å². The minimum atomic E-state index is -1.24. The summed E-state index contributed by atoms with van der Waals surface area (Å²) in [6.07, 6.45) is -1.24. The van der Waals surface area contributed by atoms with Crippen LogP contribution in [0.1, 0.15) is 10.4 Å². The van der Waals surface area contributed by atoms with E-state index in [1.165, 1.54) is 12.1 Å². The molecule has 0 aliphatic carbocycles. The Labute approximate surface area is 98.6 Å². The molecule has 7 heteroatoms. The summed E-state index contributed by atoms with van der Waals surface area (Å²) < 4.78 is 0. The molecule has 0 saturated heterocycles. The van der Waals surface area contributed by atoms with Gasteiger partial charge in [-0.15, -0.1) is 0 Å². The second-order valence-electron chi connectivity index (χ2n) is 2.52. The zero-order valence-corrected chi connectivity index (χ0v) is 9.67. The molecule has 1 aromatic heterocycles. The Hall–Kier alpha value is -1.14. The van der Waals surface area contributed by atoms with Crippen molar-refractivity contribution in [3.05, 3.63) is 22.8 Å². The molecule has 15 heavy (non-hydrogen) atoms. The maximum absolute atomic E-state index is 11.3. The van der Waals surface area contributed by atoms with Crippen LogP contribution in [0.3, 0.4) is 0 Å². The van der Waals surface area contributed by atoms with Crippen molar-refractivity contribution in [1.82, 2.24) is 4.98 Å². The summed E-state index contributed by atoms with van der Waals surface area (Å²) in [4.78, 5) is 25.3. The van der Waals surface area contributed by atoms with Crippen LogP contribution in [0.5, 0.6) is 0 Å². The number of hydrogen-bond acceptors (Lipinski definition) is 3. The number of nitrogens with zero attached hydrogens (tertiary/aromatic N) is 1. The maximum Gasteiger partial charge on any atom is 0.410 e. The molecule has 1 amide bonds. The Morgan fingerprint density at radius 3 is 2.67 bits per heavy atom. The molecule has 0 bridgehead atoms. The molecular weight excluding hydrogens is 287 g/mol. The fourth-order valence-electron chi connectivity index (χ4n) is 0.893. The quantitative estimate of drug-likeness (QED) is 0.509. The van der Waals surface area contributed by atoms with Gasteiger partial charge in [0, 0.05) is 0 Å². The molecule has 0 fully saturated rings. The number of amides is 1. The van der Waals surface area contributed by atoms with Crippen molar-refractivity contribution in [2.75, 3.05) is 10.6 Å². The van der Waals surface area contributed by atoms with Crippen molar-refractivity contribution in [1.29, 1.82) is 0 Å². The first-order valence-corrected chi connectivity index (χ1v) is 5.30. The van der Waals surface area contributed by atoms with Crippen LogP contribution in [0.25, 0.3) is 0 Å². The Morgan fingerprint density at radius 2 is 2.20 bits per heavy atom. The molecule has 80 valence electrons. The minimum Gasteiger partial charge on any atom is -0.465 e. The average Bonchev–Trinajstić information content (AvgIpc) is 2.16. The predicted molar refractivity (Wildman–Crippen MR) is 59.0 cm³/mol. The fourth-order valence-corrected chi connectivity index (χ4v) is 1.45. The molecule has 0 saturated carbocycles. The van der Waals surface area contributed by atoms with E-state index < -0.39 is 6.09 Å². The van der Waals surface area contributed by atoms with Gasteiger partial charge in [-0.1, -0.05) is 27.5 Å². The summed E-state index contributed by atoms with van der Waals surface area (Å²) >= 11 is 8.70. The number of carbonyl (C=O) groups excluding carboxylic acids is 1. The molecule has 0 aromatic carbocycles. The lowest BCUT2D eigenvalue weighted by molar-refractivity contribution is 0.102. The van der Waals surface area contributed by atoms with Crippen molar-refractivity contribution >= 4 is 45.2 Å². The number of carboxylic acid groups (broad SMARTS) is 1. The van der Waals surface area contributed by atoms with Gasteiger partial charge in [0.25, 0.3) is 0 Å². The van der Waals surface area contributed by atoms with E-state index in [-0.39, 0.29) is 27.6 Å². The second-order valence-corrected chi connectivity index (χ2v) is 3.44. The first-order chi connectivity index (χ1) is 7.04. The molecule has 0 radical (unpaired) electrons. The standard InChI is InChI=1S/C8H6BrClN2O3/c9-3-5(13)4-1-2-6(11-7(4)10)12-8(14)15/h1-2H,3H2,(H,11,12)(H,14,15). The van der Waals surface area contributed by atoms with Crippen LogP contribution in [0.2, 0.25) is 5.15 Å². The summed E-state index contributed by atoms with van der Waals surface area (Å²) in [5.74, 6) is -0.131. The van der Waals surface area contributed by atoms with Crippen molar-refractivity contribution in [2.24, 2.45) is 0 Å². The normalized spacial score (nSPS) is 9.73. The zero-order chi connectivity index (χ0) is 11.4. The molecule has 2 N–H and O–H groups in total. The highest BCUT2D eigenvalue weighted by atomic mass is 79.9. The zero-order valence-electron chi connectivity index (χ0n) is 7.33. The van der Waals surface area contributed by atoms with E-state index >= 15 is 0 Å². The minimum absolute atomic E-state index is 0.0225. The lowest BCUT2D eigenvalue weighted by Crippen LogP contribution is -2.10. The maximum atomic E-state index is 11.3. The van der Waals surface area contributed by atoms with Crippen molar-refractivity contribution in [2.45, 2.75) is 0 Å². The largest absolute Gasteiger partial charge is 0.465 e. The number of hydrogen-bond donors (Lipinski definition) is 2. The van der Waals surface area contributed by atoms with E-state index in [1.807, 2.05) is 5.32 Å². The lowest BCUT2D eigenvalue weighted by Gasteiger charge is -2.03. The van der Waals surface area contributed by atoms with Gasteiger partial charge in [-0.25, -0.2) is 9.78 Å². The smallest absolute Gasteiger partial charge is 0.410 e. The van der Waals surface area contributed by atoms with Crippen LogP contribution in [0, 0.1) is 0 Å². The van der Waals surface area contributed by atoms with Gasteiger partial charge in [0.2, 0.25) is 0 Å². The van der Waals surface area contributed by atoms with Crippen LogP contribution in [0.15, 0.2) is 12.1 Å². The number of ketones is 1. The first kappa shape index (κ1) is 11.9. The second kappa shape index (κ2) is 5.09. The SMILES string of the molecule is O=C(O)Nc1ccc(C(=O)CBr)c(Cl)n1. The molecule has 0 spiro atoms. The number of carbonyl (C=O) groups is 2. The van der Waals surface area contributed by atoms with Crippen molar-refractivity contribution < 1.29 is 14.7 Å². The third kappa shape index (κ3) is 3.17. The topological polar surface area (TPSA) is 79.3 Å². The van der Waals surface area contributed by atoms with Gasteiger partial charge in [0.05, 0.1) is 10.9 Å². The monoisotopic (exact) mass is 292 g/mol. The Bertz CT molecular complexity index is 411. The highest BCUT2D eigenvalue weighted by molar-refractivity contribution is 9.09. The molecular formula is C8H6BrClN2O3. The van der Waals surface area contributed by atoms with Crippen LogP contribution < -0.4 is 5.32 Å². The number of rotatable bonds is 3. The van der Waals surface area contributed by atoms with E-state index in [0.717, 1.165) is 0 Å². The number of nitrogens with one attached hydrogen (secondary N) is 1. The Kier molecular flexibility index (Phi) is 4.05. The molecule has 1 rings (SSSR count). The summed E-state index contributed by atoms with van der Waals surface area (Å²) in [5, 5.41) is 10.6. The number of aromatic nitrogens is 1. The van der Waals surface area contributed by atoms with Gasteiger partial charge in [0.15, 0.2) is 5.78 Å². The molecule has 1 aromatic rings. The van der Waals surface area contributed by atoms with Gasteiger partial charge >= 0.3 is 6.09 Å². The average molecular weight is 294 g/mol. The number of pyridine rings is 1. The van der Waals surface area contributed by atoms with Crippen molar-refractivity contribution in [3.63, 3.8) is 0 Å². The summed E-state index contributed by atoms with van der Waals surface area (Å²) in [6.45, 7) is 0. The first-order valence-electron chi connectivity index (χ1n) is 3.80. The van der Waals surface area contributed by atoms with E-state index in [4.69, 9.17) is 16.7 Å². The third-order valence-electron chi connectivity index (χ3n) is 1.51. The highest BCUT2D eigenvalue weighted by Gasteiger charge is 2.11. The Morgan fingerprint density at radius 1 is 1.53 bits per heavy atom. The molecule has 5 nitrogen and oxygen atoms in total. The Balaban J connectivity index is 2.97. The van der Waals surface area contributed by atoms with Crippen LogP contribution in [-0.4, -0.2) is 27.3 Å². The van der Waals surface area contributed by atoms with E-state index in [9.17, 15) is 9.59 Å². The molecule has 0 atom stereocenters. The molecule has 0 aliphatic rings. The van der Waals surface area contributed by atoms with Gasteiger partial charge in [-0.3, -0.25) is 10.1 Å². The van der Waals surface area contributed by atoms with Gasteiger partial charge in [0.1, 0.15) is 11.0 Å². The number of Topliss-reactive ketones (excluding diaryl/α,β-unsaturated/α-hetero) is 1. The predicted octanol–water partition coefficient (Wildman–Crippen LogP) is 2.40. The third-order valence-corrected chi connectivity index (χ3v) is 2.30. The summed E-state index contributed by atoms with van der Waals surface area (Å²) in [6, 6.07) is 2.79. The van der Waals surface area contributed by atoms with E-state index in [1.54, 1.807) is 0 Å². The van der Waals surface area contributed by atoms with Gasteiger partial charge in [-0.05, 0) is 12.1 Å². The van der Waals surface area contributed by atoms with Gasteiger partial charge < -0.3 is 5.11 Å². The van der Waals surface area contributed by atoms with E-state index in [2.05, 4.69) is 20.9 Å². The number of anilines is 1. The number of alkyl halides is 1. The molecule has 1 heterocycles. The van der Waals surface area contributed by atoms with Gasteiger partial charge in [-0.2, -0.15) is 0 Å².